The summed E-state index contributed by atoms with van der Waals surface area (Å²) in [6.45, 7) is 2.18. The van der Waals surface area contributed by atoms with E-state index in [0.29, 0.717) is 0 Å². The quantitative estimate of drug-likeness (QED) is 0.481. The van der Waals surface area contributed by atoms with Crippen molar-refractivity contribution in [3.63, 3.8) is 0 Å². The molecule has 0 aromatic heterocycles. The van der Waals surface area contributed by atoms with Crippen molar-refractivity contribution in [2.45, 2.75) is 25.2 Å². The van der Waals surface area contributed by atoms with E-state index in [9.17, 15) is 0 Å². The van der Waals surface area contributed by atoms with E-state index in [0.717, 1.165) is 28.5 Å². The van der Waals surface area contributed by atoms with E-state index in [1.165, 1.54) is 16.7 Å². The van der Waals surface area contributed by atoms with Gasteiger partial charge in [0.05, 0.1) is 0 Å². The molecule has 0 N–H and O–H groups in total. The molecule has 0 aliphatic heterocycles. The van der Waals surface area contributed by atoms with Gasteiger partial charge in [-0.25, -0.2) is 0 Å². The largest absolute Gasteiger partial charge is 0.0918 e. The summed E-state index contributed by atoms with van der Waals surface area (Å²) in [6, 6.07) is 17.0. The van der Waals surface area contributed by atoms with Gasteiger partial charge in [-0.15, -0.1) is 0 Å². The zero-order chi connectivity index (χ0) is 15.3. The fourth-order valence-corrected chi connectivity index (χ4v) is 4.81. The van der Waals surface area contributed by atoms with E-state index >= 15 is 0 Å². The van der Waals surface area contributed by atoms with Crippen LogP contribution in [0.2, 0.25) is 5.02 Å². The Hall–Kier alpha value is -0.310. The molecule has 0 saturated carbocycles. The van der Waals surface area contributed by atoms with Crippen molar-refractivity contribution in [2.75, 3.05) is 10.7 Å². The molecule has 0 atom stereocenters. The van der Waals surface area contributed by atoms with Gasteiger partial charge in [-0.1, -0.05) is 92.8 Å². The summed E-state index contributed by atoms with van der Waals surface area (Å²) >= 11 is 13.8. The van der Waals surface area contributed by atoms with E-state index in [1.807, 2.05) is 12.1 Å². The number of halogens is 3. The van der Waals surface area contributed by atoms with Gasteiger partial charge in [0, 0.05) is 21.1 Å². The lowest BCUT2D eigenvalue weighted by atomic mass is 9.79. The number of aryl methyl sites for hydroxylation is 1. The molecule has 0 aliphatic carbocycles. The molecule has 2 aromatic carbocycles. The summed E-state index contributed by atoms with van der Waals surface area (Å²) in [6.07, 6.45) is 2.03. The predicted molar refractivity (Wildman–Crippen MR) is 100 cm³/mol. The van der Waals surface area contributed by atoms with Crippen LogP contribution >= 0.6 is 43.5 Å². The maximum absolute atomic E-state index is 6.44. The summed E-state index contributed by atoms with van der Waals surface area (Å²) in [5, 5.41) is 2.57. The van der Waals surface area contributed by atoms with Crippen molar-refractivity contribution in [1.29, 1.82) is 0 Å². The normalized spacial score (nSPS) is 11.6. The Kier molecular flexibility index (Phi) is 6.34. The lowest BCUT2D eigenvalue weighted by Crippen LogP contribution is -2.33. The molecule has 0 unspecified atom stereocenters. The Bertz CT molecular complexity index is 574. The smallest absolute Gasteiger partial charge is 0.0444 e. The third-order valence-corrected chi connectivity index (χ3v) is 6.41. The third-order valence-electron chi connectivity index (χ3n) is 3.93. The monoisotopic (exact) mass is 428 g/mol. The van der Waals surface area contributed by atoms with Gasteiger partial charge in [-0.2, -0.15) is 0 Å². The van der Waals surface area contributed by atoms with Gasteiger partial charge in [0.2, 0.25) is 0 Å². The lowest BCUT2D eigenvalue weighted by molar-refractivity contribution is 0.551. The minimum atomic E-state index is -0.0356. The van der Waals surface area contributed by atoms with Crippen LogP contribution < -0.4 is 0 Å². The molecule has 0 fully saturated rings. The molecule has 0 bridgehead atoms. The van der Waals surface area contributed by atoms with E-state index in [4.69, 9.17) is 11.6 Å². The van der Waals surface area contributed by atoms with E-state index < -0.39 is 0 Å². The second-order valence-electron chi connectivity index (χ2n) is 5.37. The highest BCUT2D eigenvalue weighted by Gasteiger charge is 2.32. The first kappa shape index (κ1) is 17.1. The van der Waals surface area contributed by atoms with Gasteiger partial charge in [-0.3, -0.25) is 0 Å². The Balaban J connectivity index is 2.36. The second kappa shape index (κ2) is 7.80. The van der Waals surface area contributed by atoms with Crippen LogP contribution in [0.25, 0.3) is 0 Å². The highest BCUT2D eigenvalue weighted by molar-refractivity contribution is 9.09. The number of hydrogen-bond donors (Lipinski definition) is 0. The molecule has 0 spiro atoms. The molecular weight excluding hydrogens is 411 g/mol. The molecule has 2 rings (SSSR count). The van der Waals surface area contributed by atoms with Crippen LogP contribution in [0.5, 0.6) is 0 Å². The molecule has 3 heteroatoms. The zero-order valence-electron chi connectivity index (χ0n) is 12.1. The number of hydrogen-bond acceptors (Lipinski definition) is 0. The van der Waals surface area contributed by atoms with Gasteiger partial charge in [0.15, 0.2) is 0 Å². The van der Waals surface area contributed by atoms with Crippen molar-refractivity contribution >= 4 is 43.5 Å². The SMILES string of the molecule is CCc1ccc(CC(CBr)(CBr)c2ccccc2Cl)cc1. The lowest BCUT2D eigenvalue weighted by Gasteiger charge is -2.32. The van der Waals surface area contributed by atoms with Crippen molar-refractivity contribution in [1.82, 2.24) is 0 Å². The summed E-state index contributed by atoms with van der Waals surface area (Å²) in [5.41, 5.74) is 3.87. The standard InChI is InChI=1S/C18H19Br2Cl/c1-2-14-7-9-15(10-8-14)11-18(12-19,13-20)16-5-3-4-6-17(16)21/h3-10H,2,11-13H2,1H3. The number of alkyl halides is 2. The fraction of sp³-hybridized carbons (Fsp3) is 0.333. The minimum absolute atomic E-state index is 0.0356. The van der Waals surface area contributed by atoms with Crippen molar-refractivity contribution < 1.29 is 0 Å². The topological polar surface area (TPSA) is 0 Å². The molecule has 2 aromatic rings. The van der Waals surface area contributed by atoms with E-state index in [-0.39, 0.29) is 5.41 Å². The highest BCUT2D eigenvalue weighted by Crippen LogP contribution is 2.36. The predicted octanol–water partition coefficient (Wildman–Crippen LogP) is 6.17. The van der Waals surface area contributed by atoms with Gasteiger partial charge in [0.25, 0.3) is 0 Å². The maximum atomic E-state index is 6.44. The second-order valence-corrected chi connectivity index (χ2v) is 6.90. The van der Waals surface area contributed by atoms with Crippen molar-refractivity contribution in [3.05, 3.63) is 70.2 Å². The first-order chi connectivity index (χ1) is 10.1. The Morgan fingerprint density at radius 3 is 2.00 bits per heavy atom. The van der Waals surface area contributed by atoms with Crippen LogP contribution in [0.1, 0.15) is 23.6 Å². The van der Waals surface area contributed by atoms with Crippen LogP contribution in [0, 0.1) is 0 Å². The zero-order valence-corrected chi connectivity index (χ0v) is 16.0. The molecule has 0 heterocycles. The number of rotatable bonds is 6. The number of benzene rings is 2. The fourth-order valence-electron chi connectivity index (χ4n) is 2.54. The Morgan fingerprint density at radius 2 is 1.48 bits per heavy atom. The van der Waals surface area contributed by atoms with E-state index in [1.54, 1.807) is 0 Å². The minimum Gasteiger partial charge on any atom is -0.0918 e. The summed E-state index contributed by atoms with van der Waals surface area (Å²) < 4.78 is 0. The first-order valence-corrected chi connectivity index (χ1v) is 9.72. The molecule has 0 radical (unpaired) electrons. The maximum Gasteiger partial charge on any atom is 0.0444 e. The van der Waals surface area contributed by atoms with Gasteiger partial charge in [0.1, 0.15) is 0 Å². The van der Waals surface area contributed by atoms with Crippen LogP contribution in [0.15, 0.2) is 48.5 Å². The van der Waals surface area contributed by atoms with Crippen LogP contribution in [0.4, 0.5) is 0 Å². The van der Waals surface area contributed by atoms with Gasteiger partial charge < -0.3 is 0 Å². The molecule has 0 saturated heterocycles. The van der Waals surface area contributed by atoms with Crippen LogP contribution in [-0.4, -0.2) is 10.7 Å². The molecule has 0 amide bonds. The summed E-state index contributed by atoms with van der Waals surface area (Å²) in [7, 11) is 0. The third kappa shape index (κ3) is 3.91. The molecule has 112 valence electrons. The Labute approximate surface area is 149 Å². The molecular formula is C18H19Br2Cl. The molecule has 0 aliphatic rings. The van der Waals surface area contributed by atoms with Gasteiger partial charge >= 0.3 is 0 Å². The first-order valence-electron chi connectivity index (χ1n) is 7.10. The van der Waals surface area contributed by atoms with Crippen molar-refractivity contribution in [3.8, 4) is 0 Å². The van der Waals surface area contributed by atoms with Crippen LogP contribution in [-0.2, 0) is 18.3 Å². The average Bonchev–Trinajstić information content (AvgIpc) is 2.54. The highest BCUT2D eigenvalue weighted by atomic mass is 79.9. The van der Waals surface area contributed by atoms with Crippen molar-refractivity contribution in [2.24, 2.45) is 0 Å². The molecule has 0 nitrogen and oxygen atoms in total. The Morgan fingerprint density at radius 1 is 0.905 bits per heavy atom. The summed E-state index contributed by atoms with van der Waals surface area (Å²) in [4.78, 5) is 0. The average molecular weight is 431 g/mol. The summed E-state index contributed by atoms with van der Waals surface area (Å²) in [5.74, 6) is 0. The van der Waals surface area contributed by atoms with Gasteiger partial charge in [-0.05, 0) is 35.6 Å². The molecule has 21 heavy (non-hydrogen) atoms. The van der Waals surface area contributed by atoms with E-state index in [2.05, 4.69) is 75.2 Å². The van der Waals surface area contributed by atoms with Crippen LogP contribution in [0.3, 0.4) is 0 Å².